The Kier molecular flexibility index (Phi) is 6.11. The highest BCUT2D eigenvalue weighted by atomic mass is 16.5. The highest BCUT2D eigenvalue weighted by Crippen LogP contribution is 2.23. The normalized spacial score (nSPS) is 13.9. The van der Waals surface area contributed by atoms with Gasteiger partial charge in [-0.25, -0.2) is 0 Å². The number of nitrogens with zero attached hydrogens (tertiary/aromatic N) is 5. The van der Waals surface area contributed by atoms with Gasteiger partial charge in [0.2, 0.25) is 0 Å². The molecule has 0 aliphatic carbocycles. The van der Waals surface area contributed by atoms with Crippen LogP contribution in [0.4, 0.5) is 5.82 Å². The van der Waals surface area contributed by atoms with E-state index < -0.39 is 0 Å². The third kappa shape index (κ3) is 4.82. The average molecular weight is 418 g/mol. The fourth-order valence-electron chi connectivity index (χ4n) is 3.74. The number of piperazine rings is 1. The van der Waals surface area contributed by atoms with Crippen molar-refractivity contribution in [2.75, 3.05) is 37.7 Å². The first-order valence-corrected chi connectivity index (χ1v) is 10.5. The molecule has 1 aliphatic heterocycles. The molecule has 0 bridgehead atoms. The number of amides is 1. The molecule has 1 fully saturated rings. The summed E-state index contributed by atoms with van der Waals surface area (Å²) in [6.07, 6.45) is 3.48. The first-order valence-electron chi connectivity index (χ1n) is 10.5. The van der Waals surface area contributed by atoms with Gasteiger partial charge in [0.05, 0.1) is 5.69 Å². The van der Waals surface area contributed by atoms with Crippen molar-refractivity contribution in [2.24, 2.45) is 0 Å². The summed E-state index contributed by atoms with van der Waals surface area (Å²) in [5.41, 5.74) is 5.20. The molecule has 7 heteroatoms. The lowest BCUT2D eigenvalue weighted by molar-refractivity contribution is -0.133. The Labute approximate surface area is 182 Å². The second-order valence-corrected chi connectivity index (χ2v) is 7.87. The molecule has 3 heterocycles. The van der Waals surface area contributed by atoms with Crippen molar-refractivity contribution in [1.29, 1.82) is 0 Å². The van der Waals surface area contributed by atoms with E-state index in [0.29, 0.717) is 13.1 Å². The maximum atomic E-state index is 12.6. The summed E-state index contributed by atoms with van der Waals surface area (Å²) in [6.45, 7) is 8.90. The van der Waals surface area contributed by atoms with Crippen molar-refractivity contribution in [3.8, 4) is 17.0 Å². The fraction of sp³-hybridized carbons (Fsp3) is 0.333. The van der Waals surface area contributed by atoms with Gasteiger partial charge in [0.25, 0.3) is 5.91 Å². The summed E-state index contributed by atoms with van der Waals surface area (Å²) < 4.78 is 5.85. The summed E-state index contributed by atoms with van der Waals surface area (Å²) in [4.78, 5) is 20.7. The van der Waals surface area contributed by atoms with Crippen molar-refractivity contribution in [3.63, 3.8) is 0 Å². The van der Waals surface area contributed by atoms with Gasteiger partial charge in [0, 0.05) is 44.1 Å². The summed E-state index contributed by atoms with van der Waals surface area (Å²) in [5.74, 6) is 1.62. The Hall–Kier alpha value is -3.48. The number of hydrogen-bond acceptors (Lipinski definition) is 6. The van der Waals surface area contributed by atoms with E-state index in [2.05, 4.69) is 33.1 Å². The first kappa shape index (κ1) is 20.8. The van der Waals surface area contributed by atoms with E-state index in [1.165, 1.54) is 5.56 Å². The lowest BCUT2D eigenvalue weighted by Crippen LogP contribution is -2.50. The molecule has 160 valence electrons. The average Bonchev–Trinajstić information content (AvgIpc) is 2.81. The van der Waals surface area contributed by atoms with E-state index in [4.69, 9.17) is 4.74 Å². The third-order valence-electron chi connectivity index (χ3n) is 5.70. The van der Waals surface area contributed by atoms with Crippen LogP contribution in [0.3, 0.4) is 0 Å². The monoisotopic (exact) mass is 417 g/mol. The number of benzene rings is 1. The van der Waals surface area contributed by atoms with E-state index >= 15 is 0 Å². The van der Waals surface area contributed by atoms with Gasteiger partial charge in [0.15, 0.2) is 12.4 Å². The molecule has 3 aromatic rings. The van der Waals surface area contributed by atoms with E-state index in [1.807, 2.05) is 49.1 Å². The van der Waals surface area contributed by atoms with Gasteiger partial charge < -0.3 is 14.5 Å². The molecular weight excluding hydrogens is 390 g/mol. The fourth-order valence-corrected chi connectivity index (χ4v) is 3.74. The number of carbonyl (C=O) groups is 1. The molecule has 0 atom stereocenters. The molecule has 0 radical (unpaired) electrons. The maximum absolute atomic E-state index is 12.6. The van der Waals surface area contributed by atoms with Crippen LogP contribution >= 0.6 is 0 Å². The van der Waals surface area contributed by atoms with Gasteiger partial charge >= 0.3 is 0 Å². The Balaban J connectivity index is 1.31. The van der Waals surface area contributed by atoms with Gasteiger partial charge in [0.1, 0.15) is 5.75 Å². The van der Waals surface area contributed by atoms with Gasteiger partial charge in [-0.05, 0) is 67.8 Å². The Bertz CT molecular complexity index is 1050. The lowest BCUT2D eigenvalue weighted by Gasteiger charge is -2.35. The number of aryl methyl sites for hydroxylation is 2. The third-order valence-corrected chi connectivity index (χ3v) is 5.70. The van der Waals surface area contributed by atoms with Crippen LogP contribution in [0, 0.1) is 20.8 Å². The predicted molar refractivity (Wildman–Crippen MR) is 120 cm³/mol. The quantitative estimate of drug-likeness (QED) is 0.635. The summed E-state index contributed by atoms with van der Waals surface area (Å²) in [5, 5.41) is 8.72. The van der Waals surface area contributed by atoms with Crippen molar-refractivity contribution in [1.82, 2.24) is 20.1 Å². The van der Waals surface area contributed by atoms with Crippen LogP contribution in [0.1, 0.15) is 16.7 Å². The molecular formula is C24H27N5O2. The molecule has 0 N–H and O–H groups in total. The van der Waals surface area contributed by atoms with Crippen molar-refractivity contribution < 1.29 is 9.53 Å². The zero-order valence-electron chi connectivity index (χ0n) is 18.2. The highest BCUT2D eigenvalue weighted by molar-refractivity contribution is 5.78. The molecule has 1 aromatic carbocycles. The topological polar surface area (TPSA) is 71.5 Å². The van der Waals surface area contributed by atoms with E-state index in [-0.39, 0.29) is 12.5 Å². The van der Waals surface area contributed by atoms with Gasteiger partial charge in [-0.1, -0.05) is 6.07 Å². The standard InChI is InChI=1S/C24H27N5O2/c1-17-14-18(2)19(3)22(15-17)31-16-24(30)29-12-10-28(11-13-29)23-5-4-21(26-27-23)20-6-8-25-9-7-20/h4-9,14-15H,10-13,16H2,1-3H3. The van der Waals surface area contributed by atoms with Crippen LogP contribution in [-0.4, -0.2) is 58.8 Å². The molecule has 0 unspecified atom stereocenters. The minimum atomic E-state index is 0.0114. The summed E-state index contributed by atoms with van der Waals surface area (Å²) in [6, 6.07) is 11.9. The van der Waals surface area contributed by atoms with Crippen molar-refractivity contribution in [2.45, 2.75) is 20.8 Å². The minimum absolute atomic E-state index is 0.0114. The predicted octanol–water partition coefficient (Wildman–Crippen LogP) is 3.19. The van der Waals surface area contributed by atoms with Gasteiger partial charge in [-0.2, -0.15) is 0 Å². The highest BCUT2D eigenvalue weighted by Gasteiger charge is 2.22. The smallest absolute Gasteiger partial charge is 0.260 e. The number of carbonyl (C=O) groups excluding carboxylic acids is 1. The molecule has 0 saturated carbocycles. The molecule has 31 heavy (non-hydrogen) atoms. The molecule has 0 spiro atoms. The number of pyridine rings is 1. The Morgan fingerprint density at radius 2 is 1.71 bits per heavy atom. The van der Waals surface area contributed by atoms with Crippen LogP contribution in [0.25, 0.3) is 11.3 Å². The van der Waals surface area contributed by atoms with Crippen LogP contribution in [0.2, 0.25) is 0 Å². The second kappa shape index (κ2) is 9.12. The molecule has 1 amide bonds. The van der Waals surface area contributed by atoms with E-state index in [9.17, 15) is 4.79 Å². The molecule has 1 aliphatic rings. The summed E-state index contributed by atoms with van der Waals surface area (Å²) >= 11 is 0. The van der Waals surface area contributed by atoms with Crippen LogP contribution < -0.4 is 9.64 Å². The molecule has 4 rings (SSSR count). The van der Waals surface area contributed by atoms with Gasteiger partial charge in [-0.15, -0.1) is 10.2 Å². The Morgan fingerprint density at radius 1 is 0.968 bits per heavy atom. The van der Waals surface area contributed by atoms with Crippen LogP contribution in [0.15, 0.2) is 48.8 Å². The van der Waals surface area contributed by atoms with E-state index in [0.717, 1.165) is 47.0 Å². The zero-order chi connectivity index (χ0) is 21.8. The largest absolute Gasteiger partial charge is 0.483 e. The number of ether oxygens (including phenoxy) is 1. The van der Waals surface area contributed by atoms with Gasteiger partial charge in [-0.3, -0.25) is 9.78 Å². The molecule has 1 saturated heterocycles. The molecule has 2 aromatic heterocycles. The number of hydrogen-bond donors (Lipinski definition) is 0. The number of aromatic nitrogens is 3. The maximum Gasteiger partial charge on any atom is 0.260 e. The van der Waals surface area contributed by atoms with Crippen molar-refractivity contribution >= 4 is 11.7 Å². The number of anilines is 1. The number of rotatable bonds is 5. The van der Waals surface area contributed by atoms with Crippen LogP contribution in [0.5, 0.6) is 5.75 Å². The SMILES string of the molecule is Cc1cc(C)c(C)c(OCC(=O)N2CCN(c3ccc(-c4ccncc4)nn3)CC2)c1. The molecule has 7 nitrogen and oxygen atoms in total. The zero-order valence-corrected chi connectivity index (χ0v) is 18.2. The lowest BCUT2D eigenvalue weighted by atomic mass is 10.1. The van der Waals surface area contributed by atoms with Crippen LogP contribution in [-0.2, 0) is 4.79 Å². The second-order valence-electron chi connectivity index (χ2n) is 7.87. The minimum Gasteiger partial charge on any atom is -0.483 e. The van der Waals surface area contributed by atoms with E-state index in [1.54, 1.807) is 12.4 Å². The first-order chi connectivity index (χ1) is 15.0. The van der Waals surface area contributed by atoms with Crippen molar-refractivity contribution in [3.05, 3.63) is 65.5 Å². The summed E-state index contributed by atoms with van der Waals surface area (Å²) in [7, 11) is 0. The Morgan fingerprint density at radius 3 is 2.39 bits per heavy atom.